The highest BCUT2D eigenvalue weighted by Gasteiger charge is 2.24. The van der Waals surface area contributed by atoms with Gasteiger partial charge in [0.1, 0.15) is 11.5 Å². The van der Waals surface area contributed by atoms with Crippen LogP contribution in [-0.4, -0.2) is 23.2 Å². The number of nitrogens with one attached hydrogen (secondary N) is 1. The second kappa shape index (κ2) is 8.20. The van der Waals surface area contributed by atoms with Gasteiger partial charge in [0.2, 0.25) is 0 Å². The Morgan fingerprint density at radius 2 is 2.08 bits per heavy atom. The summed E-state index contributed by atoms with van der Waals surface area (Å²) in [5.41, 5.74) is 0.944. The van der Waals surface area contributed by atoms with Crippen LogP contribution in [0.5, 0.6) is 5.75 Å². The van der Waals surface area contributed by atoms with Crippen LogP contribution in [0.15, 0.2) is 47.1 Å². The van der Waals surface area contributed by atoms with E-state index in [9.17, 15) is 0 Å². The van der Waals surface area contributed by atoms with Gasteiger partial charge in [-0.2, -0.15) is 0 Å². The van der Waals surface area contributed by atoms with Crippen LogP contribution in [-0.2, 0) is 6.54 Å². The van der Waals surface area contributed by atoms with Gasteiger partial charge in [0.05, 0.1) is 19.9 Å². The molecule has 2 aromatic rings. The van der Waals surface area contributed by atoms with Gasteiger partial charge in [-0.15, -0.1) is 0 Å². The van der Waals surface area contributed by atoms with Crippen molar-refractivity contribution in [1.82, 2.24) is 4.90 Å². The first kappa shape index (κ1) is 16.8. The standard InChI is InChI=1S/C19H24N2O2S/c1-22-17-10-5-7-15(13-17)20-19(24)21(14-18-11-6-12-23-18)16-8-3-2-4-9-16/h5-7,10-13,16H,2-4,8-9,14H2,1H3,(H,20,24). The maximum absolute atomic E-state index is 5.72. The van der Waals surface area contributed by atoms with Gasteiger partial charge >= 0.3 is 0 Å². The van der Waals surface area contributed by atoms with E-state index < -0.39 is 0 Å². The summed E-state index contributed by atoms with van der Waals surface area (Å²) in [5, 5.41) is 4.10. The molecule has 5 heteroatoms. The van der Waals surface area contributed by atoms with Crippen LogP contribution < -0.4 is 10.1 Å². The van der Waals surface area contributed by atoms with Crippen LogP contribution in [0.4, 0.5) is 5.69 Å². The largest absolute Gasteiger partial charge is 0.497 e. The smallest absolute Gasteiger partial charge is 0.174 e. The van der Waals surface area contributed by atoms with Crippen molar-refractivity contribution < 1.29 is 9.15 Å². The van der Waals surface area contributed by atoms with Crippen molar-refractivity contribution in [3.05, 3.63) is 48.4 Å². The van der Waals surface area contributed by atoms with E-state index in [0.29, 0.717) is 12.6 Å². The number of nitrogens with zero attached hydrogens (tertiary/aromatic N) is 1. The molecule has 1 N–H and O–H groups in total. The summed E-state index contributed by atoms with van der Waals surface area (Å²) in [6.07, 6.45) is 7.93. The molecule has 4 nitrogen and oxygen atoms in total. The predicted molar refractivity (Wildman–Crippen MR) is 100 cm³/mol. The average Bonchev–Trinajstić information content (AvgIpc) is 3.14. The molecule has 1 aliphatic carbocycles. The first-order valence-corrected chi connectivity index (χ1v) is 8.91. The zero-order valence-corrected chi connectivity index (χ0v) is 14.8. The summed E-state index contributed by atoms with van der Waals surface area (Å²) in [6.45, 7) is 0.702. The maximum atomic E-state index is 5.72. The van der Waals surface area contributed by atoms with E-state index in [1.165, 1.54) is 32.1 Å². The second-order valence-electron chi connectivity index (χ2n) is 6.16. The van der Waals surface area contributed by atoms with Crippen LogP contribution >= 0.6 is 12.2 Å². The molecule has 1 fully saturated rings. The number of hydrogen-bond acceptors (Lipinski definition) is 3. The van der Waals surface area contributed by atoms with Crippen LogP contribution in [0, 0.1) is 0 Å². The molecule has 3 rings (SSSR count). The molecular formula is C19H24N2O2S. The third-order valence-electron chi connectivity index (χ3n) is 4.50. The maximum Gasteiger partial charge on any atom is 0.174 e. The van der Waals surface area contributed by atoms with Crippen LogP contribution in [0.3, 0.4) is 0 Å². The van der Waals surface area contributed by atoms with Crippen molar-refractivity contribution >= 4 is 23.0 Å². The zero-order valence-electron chi connectivity index (χ0n) is 14.0. The lowest BCUT2D eigenvalue weighted by Crippen LogP contribution is -2.43. The number of rotatable bonds is 5. The Labute approximate surface area is 148 Å². The van der Waals surface area contributed by atoms with Crippen molar-refractivity contribution in [3.8, 4) is 5.75 Å². The van der Waals surface area contributed by atoms with Gasteiger partial charge in [0.15, 0.2) is 5.11 Å². The van der Waals surface area contributed by atoms with Gasteiger partial charge < -0.3 is 19.4 Å². The summed E-state index contributed by atoms with van der Waals surface area (Å²) in [4.78, 5) is 2.27. The first-order chi connectivity index (χ1) is 11.8. The minimum atomic E-state index is 0.467. The van der Waals surface area contributed by atoms with Gasteiger partial charge in [0.25, 0.3) is 0 Å². The first-order valence-electron chi connectivity index (χ1n) is 8.50. The lowest BCUT2D eigenvalue weighted by molar-refractivity contribution is 0.227. The van der Waals surface area contributed by atoms with Crippen molar-refractivity contribution in [3.63, 3.8) is 0 Å². The minimum absolute atomic E-state index is 0.467. The lowest BCUT2D eigenvalue weighted by Gasteiger charge is -2.35. The Morgan fingerprint density at radius 3 is 2.79 bits per heavy atom. The van der Waals surface area contributed by atoms with Gasteiger partial charge in [-0.3, -0.25) is 0 Å². The molecule has 0 atom stereocenters. The summed E-state index contributed by atoms with van der Waals surface area (Å²) in [7, 11) is 1.67. The molecule has 128 valence electrons. The van der Waals surface area contributed by atoms with Crippen LogP contribution in [0.25, 0.3) is 0 Å². The molecule has 0 saturated heterocycles. The Balaban J connectivity index is 1.74. The van der Waals surface area contributed by atoms with E-state index >= 15 is 0 Å². The summed E-state index contributed by atoms with van der Waals surface area (Å²) in [5.74, 6) is 1.76. The van der Waals surface area contributed by atoms with Crippen LogP contribution in [0.1, 0.15) is 37.9 Å². The van der Waals surface area contributed by atoms with E-state index in [1.54, 1.807) is 13.4 Å². The van der Waals surface area contributed by atoms with E-state index in [2.05, 4.69) is 10.2 Å². The molecule has 0 amide bonds. The number of ether oxygens (including phenoxy) is 1. The van der Waals surface area contributed by atoms with Crippen molar-refractivity contribution in [2.75, 3.05) is 12.4 Å². The Bertz CT molecular complexity index is 651. The minimum Gasteiger partial charge on any atom is -0.497 e. The number of hydrogen-bond donors (Lipinski definition) is 1. The molecule has 0 spiro atoms. The summed E-state index contributed by atoms with van der Waals surface area (Å²) < 4.78 is 10.8. The average molecular weight is 344 g/mol. The molecular weight excluding hydrogens is 320 g/mol. The SMILES string of the molecule is COc1cccc(NC(=S)N(Cc2ccco2)C2CCCCC2)c1. The van der Waals surface area contributed by atoms with Crippen molar-refractivity contribution in [1.29, 1.82) is 0 Å². The fourth-order valence-electron chi connectivity index (χ4n) is 3.23. The third kappa shape index (κ3) is 4.29. The van der Waals surface area contributed by atoms with Crippen molar-refractivity contribution in [2.45, 2.75) is 44.7 Å². The molecule has 0 bridgehead atoms. The summed E-state index contributed by atoms with van der Waals surface area (Å²) in [6, 6.07) is 12.2. The zero-order chi connectivity index (χ0) is 16.8. The number of methoxy groups -OCH3 is 1. The van der Waals surface area contributed by atoms with E-state index in [-0.39, 0.29) is 0 Å². The lowest BCUT2D eigenvalue weighted by atomic mass is 9.94. The highest BCUT2D eigenvalue weighted by atomic mass is 32.1. The number of benzene rings is 1. The van der Waals surface area contributed by atoms with Crippen LogP contribution in [0.2, 0.25) is 0 Å². The molecule has 1 aromatic heterocycles. The molecule has 0 unspecified atom stereocenters. The molecule has 24 heavy (non-hydrogen) atoms. The van der Waals surface area contributed by atoms with Gasteiger partial charge in [-0.05, 0) is 49.3 Å². The molecule has 0 aliphatic heterocycles. The Hall–Kier alpha value is -2.01. The number of furan rings is 1. The van der Waals surface area contributed by atoms with Gasteiger partial charge in [-0.1, -0.05) is 25.3 Å². The monoisotopic (exact) mass is 344 g/mol. The molecule has 1 heterocycles. The van der Waals surface area contributed by atoms with E-state index in [1.807, 2.05) is 36.4 Å². The Morgan fingerprint density at radius 1 is 1.25 bits per heavy atom. The number of thiocarbonyl (C=S) groups is 1. The highest BCUT2D eigenvalue weighted by molar-refractivity contribution is 7.80. The molecule has 1 aromatic carbocycles. The second-order valence-corrected chi connectivity index (χ2v) is 6.55. The number of anilines is 1. The predicted octanol–water partition coefficient (Wildman–Crippen LogP) is 4.82. The fourth-order valence-corrected chi connectivity index (χ4v) is 3.56. The van der Waals surface area contributed by atoms with Crippen molar-refractivity contribution in [2.24, 2.45) is 0 Å². The normalized spacial score (nSPS) is 15.0. The Kier molecular flexibility index (Phi) is 5.75. The van der Waals surface area contributed by atoms with E-state index in [4.69, 9.17) is 21.4 Å². The fraction of sp³-hybridized carbons (Fsp3) is 0.421. The highest BCUT2D eigenvalue weighted by Crippen LogP contribution is 2.26. The molecule has 1 aliphatic rings. The molecule has 1 saturated carbocycles. The quantitative estimate of drug-likeness (QED) is 0.787. The van der Waals surface area contributed by atoms with E-state index in [0.717, 1.165) is 22.3 Å². The third-order valence-corrected chi connectivity index (χ3v) is 4.84. The topological polar surface area (TPSA) is 37.6 Å². The van der Waals surface area contributed by atoms with Gasteiger partial charge in [-0.25, -0.2) is 0 Å². The molecule has 0 radical (unpaired) electrons. The van der Waals surface area contributed by atoms with Gasteiger partial charge in [0, 0.05) is 17.8 Å². The summed E-state index contributed by atoms with van der Waals surface area (Å²) >= 11 is 5.72.